The first-order valence-electron chi connectivity index (χ1n) is 53.8. The van der Waals surface area contributed by atoms with Crippen LogP contribution in [-0.4, -0.2) is 405 Å². The van der Waals surface area contributed by atoms with Crippen LogP contribution in [0.2, 0.25) is 0 Å². The lowest BCUT2D eigenvalue weighted by molar-refractivity contribution is -0.165. The van der Waals surface area contributed by atoms with Crippen LogP contribution in [0.4, 0.5) is 4.79 Å². The van der Waals surface area contributed by atoms with Gasteiger partial charge in [-0.15, -0.1) is 47.0 Å². The van der Waals surface area contributed by atoms with Crippen molar-refractivity contribution in [2.75, 3.05) is 134 Å². The maximum Gasteiger partial charge on any atom is 0.315 e. The summed E-state index contributed by atoms with van der Waals surface area (Å²) in [4.78, 5) is 127. The molecule has 44 heteroatoms. The smallest absolute Gasteiger partial charge is 0.315 e. The number of aliphatic hydroxyl groups excluding tert-OH is 12. The van der Waals surface area contributed by atoms with Crippen LogP contribution in [0.3, 0.4) is 0 Å². The molecule has 6 aliphatic rings. The van der Waals surface area contributed by atoms with Gasteiger partial charge in [-0.05, 0) is 177 Å². The van der Waals surface area contributed by atoms with Crippen LogP contribution in [0.5, 0.6) is 0 Å². The van der Waals surface area contributed by atoms with Crippen LogP contribution in [-0.2, 0) is 57.3 Å². The van der Waals surface area contributed by atoms with Crippen molar-refractivity contribution in [2.24, 2.45) is 22.9 Å². The van der Waals surface area contributed by atoms with Crippen LogP contribution in [0.1, 0.15) is 295 Å². The fraction of sp³-hybridized carbons (Fsp3) is 0.909. The normalized spacial score (nSPS) is 26.9. The van der Waals surface area contributed by atoms with Crippen LogP contribution in [0.15, 0.2) is 0 Å². The number of unbranched alkanes of at least 4 members (excludes halogenated alkanes) is 25. The first-order valence-corrected chi connectivity index (χ1v) is 59.1. The first-order chi connectivity index (χ1) is 69.0. The number of fused-ring (bicyclic) bond motifs is 1. The molecule has 6 rings (SSSR count). The summed E-state index contributed by atoms with van der Waals surface area (Å²) in [7, 11) is 1.86. The van der Waals surface area contributed by atoms with E-state index in [1.54, 1.807) is 0 Å². The van der Waals surface area contributed by atoms with Gasteiger partial charge in [0.1, 0.15) is 95.0 Å². The van der Waals surface area contributed by atoms with Crippen molar-refractivity contribution in [1.82, 2.24) is 51.5 Å². The summed E-state index contributed by atoms with van der Waals surface area (Å²) in [6.45, 7) is 4.08. The van der Waals surface area contributed by atoms with Crippen molar-refractivity contribution >= 4 is 112 Å². The van der Waals surface area contributed by atoms with Crippen molar-refractivity contribution in [2.45, 2.75) is 432 Å². The molecule has 0 unspecified atom stereocenters. The molecule has 6 aliphatic heterocycles. The fourth-order valence-corrected chi connectivity index (χ4v) is 24.9. The maximum atomic E-state index is 14.3. The molecule has 0 aromatic carbocycles. The Bertz CT molecular complexity index is 3180. The van der Waals surface area contributed by atoms with Crippen LogP contribution in [0.25, 0.3) is 0 Å². The summed E-state index contributed by atoms with van der Waals surface area (Å²) in [5, 5.41) is 139. The Morgan fingerprint density at radius 1 is 0.322 bits per heavy atom. The molecular weight excluding hydrogens is 1950 g/mol. The molecule has 10 amide bonds. The molecule has 0 saturated carbocycles. The minimum atomic E-state index is -1.26. The Morgan fingerprint density at radius 3 is 0.853 bits per heavy atom. The second-order valence-corrected chi connectivity index (χ2v) is 45.6. The van der Waals surface area contributed by atoms with E-state index >= 15 is 0 Å². The Hall–Kier alpha value is -4.02. The quantitative estimate of drug-likeness (QED) is 0.0306. The van der Waals surface area contributed by atoms with Crippen molar-refractivity contribution in [3.05, 3.63) is 0 Å². The lowest BCUT2D eigenvalue weighted by atomic mass is 9.99. The highest BCUT2D eigenvalue weighted by Gasteiger charge is 2.47. The average Bonchev–Trinajstić information content (AvgIpc) is 1.69. The summed E-state index contributed by atoms with van der Waals surface area (Å²) < 4.78 is 22.9. The number of amides is 10. The second-order valence-electron chi connectivity index (χ2n) is 39.5. The number of nitrogens with two attached hydrogens (primary N) is 4. The van der Waals surface area contributed by atoms with E-state index in [2.05, 4.69) is 31.9 Å². The van der Waals surface area contributed by atoms with Crippen molar-refractivity contribution in [3.8, 4) is 0 Å². The Labute approximate surface area is 870 Å². The second kappa shape index (κ2) is 75.7. The first kappa shape index (κ1) is 128. The zero-order valence-electron chi connectivity index (χ0n) is 85.3. The van der Waals surface area contributed by atoms with Gasteiger partial charge < -0.3 is 155 Å². The Kier molecular flexibility index (Phi) is 67.5. The minimum absolute atomic E-state index is 0.0316. The van der Waals surface area contributed by atoms with E-state index in [-0.39, 0.29) is 65.4 Å². The van der Waals surface area contributed by atoms with Gasteiger partial charge in [-0.1, -0.05) is 89.9 Å². The van der Waals surface area contributed by atoms with E-state index < -0.39 is 146 Å². The zero-order valence-corrected chi connectivity index (χ0v) is 89.3. The van der Waals surface area contributed by atoms with E-state index in [4.69, 9.17) is 41.9 Å². The third kappa shape index (κ3) is 50.0. The van der Waals surface area contributed by atoms with Crippen molar-refractivity contribution in [3.63, 3.8) is 0 Å². The molecule has 143 heavy (non-hydrogen) atoms. The van der Waals surface area contributed by atoms with E-state index in [0.29, 0.717) is 248 Å². The van der Waals surface area contributed by atoms with Gasteiger partial charge in [0.15, 0.2) is 0 Å². The van der Waals surface area contributed by atoms with E-state index in [0.717, 1.165) is 153 Å². The summed E-state index contributed by atoms with van der Waals surface area (Å²) >= 11 is 7.61. The van der Waals surface area contributed by atoms with Crippen LogP contribution in [0, 0.1) is 0 Å². The van der Waals surface area contributed by atoms with E-state index in [9.17, 15) is 104 Å². The topological polar surface area (TPSA) is 623 Å². The highest BCUT2D eigenvalue weighted by molar-refractivity contribution is 8.00. The van der Waals surface area contributed by atoms with Gasteiger partial charge in [0.2, 0.25) is 47.3 Å². The number of thioether (sulfide) groups is 5. The number of nitrogens with one attached hydrogen (secondary N) is 6. The molecule has 0 spiro atoms. The van der Waals surface area contributed by atoms with Crippen LogP contribution < -0.4 is 54.8 Å². The molecule has 26 N–H and O–H groups in total. The molecule has 0 radical (unpaired) electrons. The molecule has 830 valence electrons. The number of nitrogens with zero attached hydrogens (tertiary/aromatic N) is 4. The number of carbonyl (C=O) groups excluding carboxylic acids is 9. The Morgan fingerprint density at radius 2 is 0.566 bits per heavy atom. The highest BCUT2D eigenvalue weighted by Crippen LogP contribution is 2.36. The number of hydrogen-bond acceptors (Lipinski definition) is 34. The molecule has 0 bridgehead atoms. The van der Waals surface area contributed by atoms with Crippen molar-refractivity contribution < 1.29 is 123 Å². The standard InChI is InChI=1S/C99H184N14O25S5/c1-110(78(122)44-21-4-15-39-73-86-68(67-143-73)108-99(134)109-86)52-28-3-2-20-45-79(123)113(57-33-9-22-46-80(124)111(53-29-5-16-40-74(118)104-48-24-11-35-59-139-95-82(100)91(130)87(126)69(63-114)135-95)54-30-6-17-41-75(119)105-49-25-12-36-60-140-96-83(101)92(131)88(127)70(64-115)136-96)58-34-10-23-47-81(125)112(55-31-7-18-42-76(120)106-50-26-13-37-61-141-97-84(102)93(132)89(128)71(65-116)137-97)56-32-8-19-43-77(121)107-51-27-14-38-62-142-98-85(103)94(133)90(129)72(66-117)138-98/h68-73,82-98,114-117,126-133H,2-67,100-103H2,1H3,(H,104,118)(H,105,119)(H,106,120)(H,107,121)(H2,108,109,134)/t68-,69+,70+,71+,72+,73-,82+,83+,84+,85+,86-,87-,88-,89-,90-,91+,92+,93+,94+,95+,96+,97+,98+/m0/s1. The number of rotatable bonds is 81. The van der Waals surface area contributed by atoms with Crippen molar-refractivity contribution in [1.29, 1.82) is 0 Å². The largest absolute Gasteiger partial charge is 0.394 e. The molecule has 6 heterocycles. The summed E-state index contributed by atoms with van der Waals surface area (Å²) in [6, 6.07) is -2.91. The van der Waals surface area contributed by atoms with Gasteiger partial charge in [0, 0.05) is 141 Å². The third-order valence-electron chi connectivity index (χ3n) is 27.8. The zero-order chi connectivity index (χ0) is 104. The Balaban J connectivity index is 0.978. The number of urea groups is 1. The van der Waals surface area contributed by atoms with Gasteiger partial charge in [0.25, 0.3) is 0 Å². The summed E-state index contributed by atoms with van der Waals surface area (Å²) in [5.41, 5.74) is 22.1. The molecule has 0 aromatic heterocycles. The number of ether oxygens (including phenoxy) is 4. The molecule has 39 nitrogen and oxygen atoms in total. The SMILES string of the molecule is CN(CCCCCCC(=O)N(CCCCCC(=O)N(CCCCCC(=O)NCCCCCS[C@H]1O[C@H](CO)[C@H](O)[C@H](O)[C@H]1N)CCCCCC(=O)NCCCCCS[C@H]1O[C@H](CO)[C@H](O)[C@H](O)[C@H]1N)CCCCCC(=O)N(CCCCCC(=O)NCCCCCS[C@H]1O[C@H](CO)[C@H](O)[C@H](O)[C@H]1N)CCCCCC(=O)NCCCCCS[C@H]1O[C@H](CO)[C@H](O)[C@H](O)[C@H]1N)C(=O)CCCCC[C@@H]1SC[C@@H]2NC(=O)N[C@@H]21. The number of carbonyl (C=O) groups is 9. The molecule has 0 aromatic rings. The molecule has 6 saturated heterocycles. The third-order valence-corrected chi connectivity index (χ3v) is 34.4. The van der Waals surface area contributed by atoms with Gasteiger partial charge >= 0.3 is 6.03 Å². The fourth-order valence-electron chi connectivity index (χ4n) is 18.6. The predicted molar refractivity (Wildman–Crippen MR) is 560 cm³/mol. The highest BCUT2D eigenvalue weighted by atomic mass is 32.2. The molecule has 23 atom stereocenters. The van der Waals surface area contributed by atoms with Gasteiger partial charge in [0.05, 0.1) is 62.7 Å². The number of hydrogen-bond donors (Lipinski definition) is 22. The lowest BCUT2D eigenvalue weighted by Crippen LogP contribution is -2.60. The lowest BCUT2D eigenvalue weighted by Gasteiger charge is -2.40. The molecule has 6 fully saturated rings. The maximum absolute atomic E-state index is 14.3. The number of aliphatic hydroxyl groups is 12. The minimum Gasteiger partial charge on any atom is -0.394 e. The molecular formula is C99H184N14O25S5. The molecule has 0 aliphatic carbocycles. The average molecular weight is 2130 g/mol. The van der Waals surface area contributed by atoms with Crippen LogP contribution >= 0.6 is 58.8 Å². The van der Waals surface area contributed by atoms with Gasteiger partial charge in [-0.25, -0.2) is 4.79 Å². The van der Waals surface area contributed by atoms with Gasteiger partial charge in [-0.3, -0.25) is 38.4 Å². The summed E-state index contributed by atoms with van der Waals surface area (Å²) in [6.07, 6.45) is 18.4. The van der Waals surface area contributed by atoms with E-state index in [1.165, 1.54) is 47.0 Å². The summed E-state index contributed by atoms with van der Waals surface area (Å²) in [5.74, 6) is 3.74. The predicted octanol–water partition coefficient (Wildman–Crippen LogP) is 3.50. The van der Waals surface area contributed by atoms with Gasteiger partial charge in [-0.2, -0.15) is 11.8 Å². The van der Waals surface area contributed by atoms with E-state index in [1.807, 2.05) is 38.4 Å². The monoisotopic (exact) mass is 2130 g/mol.